The van der Waals surface area contributed by atoms with Gasteiger partial charge < -0.3 is 5.32 Å². The molecular formula is C17H34N2. The van der Waals surface area contributed by atoms with Gasteiger partial charge in [-0.1, -0.05) is 41.0 Å². The summed E-state index contributed by atoms with van der Waals surface area (Å²) in [7, 11) is 0. The maximum absolute atomic E-state index is 3.79. The lowest BCUT2D eigenvalue weighted by Gasteiger charge is -2.51. The average Bonchev–Trinajstić information content (AvgIpc) is 2.32. The molecule has 0 aromatic rings. The fraction of sp³-hybridized carbons (Fsp3) is 1.00. The quantitative estimate of drug-likeness (QED) is 0.835. The van der Waals surface area contributed by atoms with E-state index in [-0.39, 0.29) is 0 Å². The third-order valence-corrected chi connectivity index (χ3v) is 5.75. The lowest BCUT2D eigenvalue weighted by atomic mass is 9.66. The van der Waals surface area contributed by atoms with Crippen molar-refractivity contribution in [3.8, 4) is 0 Å². The summed E-state index contributed by atoms with van der Waals surface area (Å²) in [6.07, 6.45) is 7.03. The van der Waals surface area contributed by atoms with Crippen LogP contribution in [0.2, 0.25) is 0 Å². The van der Waals surface area contributed by atoms with Crippen LogP contribution in [0.1, 0.15) is 66.7 Å². The molecule has 1 N–H and O–H groups in total. The van der Waals surface area contributed by atoms with Crippen LogP contribution < -0.4 is 5.32 Å². The molecule has 2 fully saturated rings. The smallest absolute Gasteiger partial charge is 0.0244 e. The maximum atomic E-state index is 3.79. The minimum absolute atomic E-state index is 0.371. The Morgan fingerprint density at radius 1 is 1.21 bits per heavy atom. The molecule has 1 heterocycles. The van der Waals surface area contributed by atoms with E-state index < -0.39 is 0 Å². The number of rotatable bonds is 4. The van der Waals surface area contributed by atoms with Crippen LogP contribution in [-0.4, -0.2) is 36.6 Å². The summed E-state index contributed by atoms with van der Waals surface area (Å²) in [5.41, 5.74) is 1.03. The van der Waals surface area contributed by atoms with Crippen molar-refractivity contribution in [1.29, 1.82) is 0 Å². The van der Waals surface area contributed by atoms with E-state index in [0.29, 0.717) is 16.9 Å². The van der Waals surface area contributed by atoms with E-state index >= 15 is 0 Å². The molecule has 19 heavy (non-hydrogen) atoms. The maximum Gasteiger partial charge on any atom is 0.0244 e. The summed E-state index contributed by atoms with van der Waals surface area (Å²) in [6.45, 7) is 15.6. The summed E-state index contributed by atoms with van der Waals surface area (Å²) in [5, 5.41) is 3.79. The second-order valence-electron chi connectivity index (χ2n) is 8.03. The van der Waals surface area contributed by atoms with E-state index in [0.717, 1.165) is 6.04 Å². The zero-order valence-corrected chi connectivity index (χ0v) is 13.8. The third-order valence-electron chi connectivity index (χ3n) is 5.75. The molecule has 0 aromatic heterocycles. The largest absolute Gasteiger partial charge is 0.311 e. The molecular weight excluding hydrogens is 232 g/mol. The van der Waals surface area contributed by atoms with Gasteiger partial charge in [0.25, 0.3) is 0 Å². The summed E-state index contributed by atoms with van der Waals surface area (Å²) in [5.74, 6) is 0. The number of nitrogens with one attached hydrogen (secondary N) is 1. The molecule has 0 bridgehead atoms. The van der Waals surface area contributed by atoms with Gasteiger partial charge in [0.15, 0.2) is 0 Å². The zero-order valence-electron chi connectivity index (χ0n) is 13.8. The standard InChI is InChI=1S/C17H34N2/c1-6-14-11-18-15(16(3,4)5)12-19(14)13-17(7-2)9-8-10-17/h14-15,18H,6-13H2,1-5H3. The molecule has 112 valence electrons. The van der Waals surface area contributed by atoms with E-state index in [4.69, 9.17) is 0 Å². The lowest BCUT2D eigenvalue weighted by Crippen LogP contribution is -2.62. The SMILES string of the molecule is CCC1CNC(C(C)(C)C)CN1CC1(CC)CCC1. The van der Waals surface area contributed by atoms with E-state index in [1.807, 2.05) is 0 Å². The van der Waals surface area contributed by atoms with Gasteiger partial charge in [-0.25, -0.2) is 0 Å². The van der Waals surface area contributed by atoms with Crippen molar-refractivity contribution in [2.24, 2.45) is 10.8 Å². The first-order chi connectivity index (χ1) is 8.90. The Bertz CT molecular complexity index is 283. The third kappa shape index (κ3) is 3.33. The average molecular weight is 266 g/mol. The molecule has 0 aromatic carbocycles. The van der Waals surface area contributed by atoms with Crippen molar-refractivity contribution in [2.75, 3.05) is 19.6 Å². The number of hydrogen-bond donors (Lipinski definition) is 1. The lowest BCUT2D eigenvalue weighted by molar-refractivity contribution is 0.00596. The minimum atomic E-state index is 0.371. The molecule has 0 radical (unpaired) electrons. The Morgan fingerprint density at radius 2 is 1.89 bits per heavy atom. The summed E-state index contributed by atoms with van der Waals surface area (Å²) >= 11 is 0. The summed E-state index contributed by atoms with van der Waals surface area (Å²) in [4.78, 5) is 2.81. The van der Waals surface area contributed by atoms with Crippen molar-refractivity contribution >= 4 is 0 Å². The van der Waals surface area contributed by atoms with Crippen LogP contribution in [0.5, 0.6) is 0 Å². The number of hydrogen-bond acceptors (Lipinski definition) is 2. The molecule has 1 saturated heterocycles. The van der Waals surface area contributed by atoms with Crippen LogP contribution in [0.3, 0.4) is 0 Å². The molecule has 1 saturated carbocycles. The first kappa shape index (κ1) is 15.3. The van der Waals surface area contributed by atoms with Crippen LogP contribution in [0.4, 0.5) is 0 Å². The predicted octanol–water partition coefficient (Wildman–Crippen LogP) is 3.67. The van der Waals surface area contributed by atoms with Gasteiger partial charge in [-0.05, 0) is 36.5 Å². The van der Waals surface area contributed by atoms with Gasteiger partial charge >= 0.3 is 0 Å². The molecule has 2 aliphatic rings. The van der Waals surface area contributed by atoms with Crippen molar-refractivity contribution in [3.63, 3.8) is 0 Å². The Kier molecular flexibility index (Phi) is 4.62. The highest BCUT2D eigenvalue weighted by Crippen LogP contribution is 2.45. The van der Waals surface area contributed by atoms with Crippen LogP contribution in [0.25, 0.3) is 0 Å². The van der Waals surface area contributed by atoms with Crippen molar-refractivity contribution in [2.45, 2.75) is 78.8 Å². The number of nitrogens with zero attached hydrogens (tertiary/aromatic N) is 1. The molecule has 2 heteroatoms. The van der Waals surface area contributed by atoms with Crippen LogP contribution >= 0.6 is 0 Å². The van der Waals surface area contributed by atoms with E-state index in [2.05, 4.69) is 44.8 Å². The highest BCUT2D eigenvalue weighted by molar-refractivity contribution is 4.96. The van der Waals surface area contributed by atoms with Gasteiger partial charge in [0.05, 0.1) is 0 Å². The molecule has 0 spiro atoms. The van der Waals surface area contributed by atoms with E-state index in [1.165, 1.54) is 51.7 Å². The van der Waals surface area contributed by atoms with Crippen molar-refractivity contribution < 1.29 is 0 Å². The van der Waals surface area contributed by atoms with Crippen molar-refractivity contribution in [3.05, 3.63) is 0 Å². The summed E-state index contributed by atoms with van der Waals surface area (Å²) in [6, 6.07) is 1.40. The fourth-order valence-electron chi connectivity index (χ4n) is 3.76. The van der Waals surface area contributed by atoms with E-state index in [1.54, 1.807) is 0 Å². The highest BCUT2D eigenvalue weighted by Gasteiger charge is 2.41. The number of piperazine rings is 1. The first-order valence-corrected chi connectivity index (χ1v) is 8.37. The Hall–Kier alpha value is -0.0800. The topological polar surface area (TPSA) is 15.3 Å². The Balaban J connectivity index is 2.01. The second-order valence-corrected chi connectivity index (χ2v) is 8.03. The minimum Gasteiger partial charge on any atom is -0.311 e. The molecule has 2 rings (SSSR count). The van der Waals surface area contributed by atoms with Gasteiger partial charge in [0.1, 0.15) is 0 Å². The molecule has 2 unspecified atom stereocenters. The van der Waals surface area contributed by atoms with Crippen molar-refractivity contribution in [1.82, 2.24) is 10.2 Å². The van der Waals surface area contributed by atoms with Gasteiger partial charge in [0.2, 0.25) is 0 Å². The van der Waals surface area contributed by atoms with Gasteiger partial charge in [-0.2, -0.15) is 0 Å². The second kappa shape index (κ2) is 5.73. The zero-order chi connectivity index (χ0) is 14.1. The van der Waals surface area contributed by atoms with Crippen LogP contribution in [0.15, 0.2) is 0 Å². The van der Waals surface area contributed by atoms with Crippen LogP contribution in [-0.2, 0) is 0 Å². The Labute approximate surface area is 120 Å². The monoisotopic (exact) mass is 266 g/mol. The molecule has 1 aliphatic carbocycles. The van der Waals surface area contributed by atoms with E-state index in [9.17, 15) is 0 Å². The molecule has 2 atom stereocenters. The van der Waals surface area contributed by atoms with Crippen LogP contribution in [0, 0.1) is 10.8 Å². The first-order valence-electron chi connectivity index (χ1n) is 8.37. The van der Waals surface area contributed by atoms with Gasteiger partial charge in [-0.15, -0.1) is 0 Å². The molecule has 1 aliphatic heterocycles. The molecule has 0 amide bonds. The highest BCUT2D eigenvalue weighted by atomic mass is 15.2. The fourth-order valence-corrected chi connectivity index (χ4v) is 3.76. The summed E-state index contributed by atoms with van der Waals surface area (Å²) < 4.78 is 0. The Morgan fingerprint density at radius 3 is 2.32 bits per heavy atom. The normalized spacial score (nSPS) is 32.1. The predicted molar refractivity (Wildman–Crippen MR) is 83.5 cm³/mol. The molecule has 2 nitrogen and oxygen atoms in total. The van der Waals surface area contributed by atoms with Gasteiger partial charge in [0, 0.05) is 31.7 Å². The van der Waals surface area contributed by atoms with Gasteiger partial charge in [-0.3, -0.25) is 4.90 Å².